The molecule has 0 radical (unpaired) electrons. The summed E-state index contributed by atoms with van der Waals surface area (Å²) >= 11 is 0. The van der Waals surface area contributed by atoms with Gasteiger partial charge < -0.3 is 0 Å². The van der Waals surface area contributed by atoms with Crippen LogP contribution in [0.3, 0.4) is 0 Å². The predicted octanol–water partition coefficient (Wildman–Crippen LogP) is 1.50. The Labute approximate surface area is 66.3 Å². The Morgan fingerprint density at radius 2 is 1.91 bits per heavy atom. The third kappa shape index (κ3) is 1.76. The van der Waals surface area contributed by atoms with Crippen LogP contribution in [0.2, 0.25) is 0 Å². The molecule has 0 aromatic rings. The molecule has 1 aliphatic carbocycles. The van der Waals surface area contributed by atoms with Crippen molar-refractivity contribution in [2.24, 2.45) is 5.92 Å². The Bertz CT molecular complexity index is 224. The number of carbonyl (C=O) groups excluding carboxylic acids is 2. The number of carbonyl (C=O) groups is 2. The zero-order chi connectivity index (χ0) is 8.43. The summed E-state index contributed by atoms with van der Waals surface area (Å²) in [5.74, 6) is 0.416. The Morgan fingerprint density at radius 3 is 2.36 bits per heavy atom. The highest BCUT2D eigenvalue weighted by Gasteiger charge is 2.19. The normalized spacial score (nSPS) is 19.0. The number of allylic oxidation sites excluding steroid dienone is 2. The summed E-state index contributed by atoms with van der Waals surface area (Å²) in [5.41, 5.74) is 0.696. The molecule has 11 heavy (non-hydrogen) atoms. The van der Waals surface area contributed by atoms with Crippen molar-refractivity contribution in [2.75, 3.05) is 0 Å². The summed E-state index contributed by atoms with van der Waals surface area (Å²) in [4.78, 5) is 22.1. The van der Waals surface area contributed by atoms with Crippen LogP contribution in [0.5, 0.6) is 0 Å². The molecule has 0 saturated carbocycles. The van der Waals surface area contributed by atoms with Gasteiger partial charge in [0.25, 0.3) is 0 Å². The Balaban J connectivity index is 2.88. The molecule has 0 atom stereocenters. The second-order valence-corrected chi connectivity index (χ2v) is 3.14. The minimum absolute atomic E-state index is 0.0910. The molecule has 0 aromatic heterocycles. The fourth-order valence-electron chi connectivity index (χ4n) is 1.20. The van der Waals surface area contributed by atoms with Crippen LogP contribution in [0.4, 0.5) is 0 Å². The first-order valence-electron chi connectivity index (χ1n) is 3.89. The number of hydrogen-bond acceptors (Lipinski definition) is 2. The third-order valence-electron chi connectivity index (χ3n) is 1.86. The molecule has 60 valence electrons. The Hall–Kier alpha value is -0.920. The van der Waals surface area contributed by atoms with Gasteiger partial charge in [-0.3, -0.25) is 9.59 Å². The maximum absolute atomic E-state index is 11.2. The average Bonchev–Trinajstić information content (AvgIpc) is 1.94. The topological polar surface area (TPSA) is 34.1 Å². The van der Waals surface area contributed by atoms with E-state index in [0.29, 0.717) is 18.4 Å². The van der Waals surface area contributed by atoms with E-state index in [1.54, 1.807) is 0 Å². The lowest BCUT2D eigenvalue weighted by atomic mass is 9.90. The zero-order valence-electron chi connectivity index (χ0n) is 6.89. The van der Waals surface area contributed by atoms with E-state index in [4.69, 9.17) is 0 Å². The summed E-state index contributed by atoms with van der Waals surface area (Å²) in [6.45, 7) is 3.87. The molecule has 0 spiro atoms. The zero-order valence-corrected chi connectivity index (χ0v) is 6.89. The van der Waals surface area contributed by atoms with Gasteiger partial charge in [-0.1, -0.05) is 13.8 Å². The lowest BCUT2D eigenvalue weighted by Gasteiger charge is -2.13. The van der Waals surface area contributed by atoms with Gasteiger partial charge in [0.2, 0.25) is 0 Å². The first kappa shape index (κ1) is 8.18. The molecular weight excluding hydrogens is 140 g/mol. The molecule has 0 bridgehead atoms. The van der Waals surface area contributed by atoms with Gasteiger partial charge in [0.15, 0.2) is 11.6 Å². The van der Waals surface area contributed by atoms with Crippen molar-refractivity contribution in [3.63, 3.8) is 0 Å². The molecular formula is C9H12O2. The van der Waals surface area contributed by atoms with Gasteiger partial charge in [0, 0.05) is 18.4 Å². The lowest BCUT2D eigenvalue weighted by molar-refractivity contribution is -0.122. The fraction of sp³-hybridized carbons (Fsp3) is 0.556. The van der Waals surface area contributed by atoms with Gasteiger partial charge in [0.1, 0.15) is 0 Å². The van der Waals surface area contributed by atoms with Gasteiger partial charge in [0.05, 0.1) is 0 Å². The molecule has 0 unspecified atom stereocenters. The predicted molar refractivity (Wildman–Crippen MR) is 42.2 cm³/mol. The first-order chi connectivity index (χ1) is 5.11. The van der Waals surface area contributed by atoms with Crippen LogP contribution in [0.15, 0.2) is 11.6 Å². The minimum atomic E-state index is 0.0910. The molecule has 0 aromatic carbocycles. The molecule has 1 aliphatic rings. The maximum Gasteiger partial charge on any atom is 0.159 e. The van der Waals surface area contributed by atoms with Crippen molar-refractivity contribution < 1.29 is 9.59 Å². The monoisotopic (exact) mass is 152 g/mol. The van der Waals surface area contributed by atoms with E-state index >= 15 is 0 Å². The van der Waals surface area contributed by atoms with Crippen molar-refractivity contribution in [2.45, 2.75) is 26.7 Å². The van der Waals surface area contributed by atoms with Gasteiger partial charge in [-0.25, -0.2) is 0 Å². The highest BCUT2D eigenvalue weighted by atomic mass is 16.1. The summed E-state index contributed by atoms with van der Waals surface area (Å²) < 4.78 is 0. The maximum atomic E-state index is 11.2. The lowest BCUT2D eigenvalue weighted by Crippen LogP contribution is -2.16. The molecule has 0 N–H and O–H groups in total. The first-order valence-corrected chi connectivity index (χ1v) is 3.89. The molecule has 0 amide bonds. The number of hydrogen-bond donors (Lipinski definition) is 0. The van der Waals surface area contributed by atoms with Gasteiger partial charge in [-0.05, 0) is 12.0 Å². The van der Waals surface area contributed by atoms with Crippen LogP contribution < -0.4 is 0 Å². The molecule has 0 fully saturated rings. The summed E-state index contributed by atoms with van der Waals surface area (Å²) in [7, 11) is 0. The molecule has 0 saturated heterocycles. The summed E-state index contributed by atoms with van der Waals surface area (Å²) in [5, 5.41) is 0. The standard InChI is InChI=1S/C9H12O2/c1-6(2)8-5-7(10)3-4-9(8)11/h5-6H,3-4H2,1-2H3. The number of rotatable bonds is 1. The smallest absolute Gasteiger partial charge is 0.159 e. The minimum Gasteiger partial charge on any atom is -0.295 e. The van der Waals surface area contributed by atoms with Gasteiger partial charge >= 0.3 is 0 Å². The van der Waals surface area contributed by atoms with Crippen molar-refractivity contribution in [1.29, 1.82) is 0 Å². The highest BCUT2D eigenvalue weighted by Crippen LogP contribution is 2.18. The van der Waals surface area contributed by atoms with Crippen LogP contribution in [0.25, 0.3) is 0 Å². The number of Topliss-reactive ketones (excluding diaryl/α,β-unsaturated/α-hetero) is 1. The van der Waals surface area contributed by atoms with Gasteiger partial charge in [-0.2, -0.15) is 0 Å². The van der Waals surface area contributed by atoms with Crippen LogP contribution in [0.1, 0.15) is 26.7 Å². The molecule has 0 heterocycles. The largest absolute Gasteiger partial charge is 0.295 e. The Kier molecular flexibility index (Phi) is 2.22. The van der Waals surface area contributed by atoms with Crippen molar-refractivity contribution in [1.82, 2.24) is 0 Å². The second-order valence-electron chi connectivity index (χ2n) is 3.14. The molecule has 2 nitrogen and oxygen atoms in total. The SMILES string of the molecule is CC(C)C1=CC(=O)CCC1=O. The highest BCUT2D eigenvalue weighted by molar-refractivity contribution is 6.08. The third-order valence-corrected chi connectivity index (χ3v) is 1.86. The quantitative estimate of drug-likeness (QED) is 0.570. The Morgan fingerprint density at radius 1 is 1.27 bits per heavy atom. The van der Waals surface area contributed by atoms with Crippen LogP contribution in [-0.4, -0.2) is 11.6 Å². The summed E-state index contributed by atoms with van der Waals surface area (Å²) in [6.07, 6.45) is 2.30. The van der Waals surface area contributed by atoms with Crippen molar-refractivity contribution in [3.8, 4) is 0 Å². The molecule has 2 heteroatoms. The van der Waals surface area contributed by atoms with Crippen molar-refractivity contribution >= 4 is 11.6 Å². The van der Waals surface area contributed by atoms with E-state index in [0.717, 1.165) is 0 Å². The van der Waals surface area contributed by atoms with E-state index in [1.807, 2.05) is 13.8 Å². The van der Waals surface area contributed by atoms with E-state index in [2.05, 4.69) is 0 Å². The van der Waals surface area contributed by atoms with Crippen molar-refractivity contribution in [3.05, 3.63) is 11.6 Å². The van der Waals surface area contributed by atoms with Crippen LogP contribution in [-0.2, 0) is 9.59 Å². The second kappa shape index (κ2) is 2.99. The van der Waals surface area contributed by atoms with E-state index in [-0.39, 0.29) is 17.5 Å². The molecule has 0 aliphatic heterocycles. The van der Waals surface area contributed by atoms with E-state index in [1.165, 1.54) is 6.08 Å². The fourth-order valence-corrected chi connectivity index (χ4v) is 1.20. The van der Waals surface area contributed by atoms with E-state index in [9.17, 15) is 9.59 Å². The van der Waals surface area contributed by atoms with Gasteiger partial charge in [-0.15, -0.1) is 0 Å². The summed E-state index contributed by atoms with van der Waals surface area (Å²) in [6, 6.07) is 0. The average molecular weight is 152 g/mol. The van der Waals surface area contributed by atoms with E-state index < -0.39 is 0 Å². The van der Waals surface area contributed by atoms with Crippen LogP contribution >= 0.6 is 0 Å². The molecule has 1 rings (SSSR count). The number of ketones is 2. The van der Waals surface area contributed by atoms with Crippen LogP contribution in [0, 0.1) is 5.92 Å².